The molecule has 2 heterocycles. The van der Waals surface area contributed by atoms with Crippen molar-refractivity contribution in [3.63, 3.8) is 0 Å². The fourth-order valence-electron chi connectivity index (χ4n) is 2.42. The Kier molecular flexibility index (Phi) is 2.94. The van der Waals surface area contributed by atoms with Gasteiger partial charge in [0.1, 0.15) is 0 Å². The number of nitrogens with one attached hydrogen (secondary N) is 1. The summed E-state index contributed by atoms with van der Waals surface area (Å²) in [5.74, 6) is -1.59. The molecule has 1 aromatic heterocycles. The summed E-state index contributed by atoms with van der Waals surface area (Å²) in [7, 11) is 0. The van der Waals surface area contributed by atoms with Gasteiger partial charge in [-0.25, -0.2) is 4.68 Å². The number of halogens is 3. The van der Waals surface area contributed by atoms with Gasteiger partial charge in [-0.1, -0.05) is 6.07 Å². The molecular formula is C13H9F3N4O2. The molecule has 0 saturated heterocycles. The minimum absolute atomic E-state index is 0.0793. The fraction of sp³-hybridized carbons (Fsp3) is 0.154. The summed E-state index contributed by atoms with van der Waals surface area (Å²) in [6.45, 7) is 0.0907. The van der Waals surface area contributed by atoms with E-state index in [2.05, 4.69) is 10.4 Å². The van der Waals surface area contributed by atoms with E-state index >= 15 is 0 Å². The second-order valence-corrected chi connectivity index (χ2v) is 4.67. The Labute approximate surface area is 121 Å². The molecule has 0 fully saturated rings. The zero-order valence-corrected chi connectivity index (χ0v) is 10.9. The van der Waals surface area contributed by atoms with E-state index in [1.54, 1.807) is 0 Å². The third-order valence-corrected chi connectivity index (χ3v) is 3.35. The van der Waals surface area contributed by atoms with E-state index < -0.39 is 23.3 Å². The van der Waals surface area contributed by atoms with Crippen LogP contribution in [-0.4, -0.2) is 21.6 Å². The van der Waals surface area contributed by atoms with Crippen LogP contribution >= 0.6 is 0 Å². The fourth-order valence-corrected chi connectivity index (χ4v) is 2.42. The molecule has 3 N–H and O–H groups in total. The molecule has 0 unspecified atom stereocenters. The molecule has 6 nitrogen and oxygen atoms in total. The van der Waals surface area contributed by atoms with Crippen molar-refractivity contribution in [2.45, 2.75) is 12.7 Å². The van der Waals surface area contributed by atoms with E-state index in [1.165, 1.54) is 18.2 Å². The minimum atomic E-state index is -4.82. The van der Waals surface area contributed by atoms with E-state index in [1.807, 2.05) is 0 Å². The topological polar surface area (TPSA) is 90.0 Å². The number of carbonyl (C=O) groups excluding carboxylic acids is 2. The molecule has 1 aliphatic heterocycles. The zero-order chi connectivity index (χ0) is 16.1. The van der Waals surface area contributed by atoms with Gasteiger partial charge in [0.2, 0.25) is 0 Å². The predicted octanol–water partition coefficient (Wildman–Crippen LogP) is 1.23. The van der Waals surface area contributed by atoms with Gasteiger partial charge in [-0.2, -0.15) is 18.3 Å². The highest BCUT2D eigenvalue weighted by molar-refractivity contribution is 5.99. The van der Waals surface area contributed by atoms with Crippen LogP contribution in [0.15, 0.2) is 24.4 Å². The molecule has 2 aromatic rings. The van der Waals surface area contributed by atoms with Crippen LogP contribution in [0.4, 0.5) is 13.2 Å². The number of benzene rings is 1. The highest BCUT2D eigenvalue weighted by Crippen LogP contribution is 2.35. The van der Waals surface area contributed by atoms with E-state index in [9.17, 15) is 22.8 Å². The van der Waals surface area contributed by atoms with Gasteiger partial charge in [-0.15, -0.1) is 0 Å². The number of primary amides is 1. The van der Waals surface area contributed by atoms with Crippen molar-refractivity contribution in [3.8, 4) is 5.69 Å². The number of alkyl halides is 3. The Balaban J connectivity index is 2.27. The molecular weight excluding hydrogens is 301 g/mol. The van der Waals surface area contributed by atoms with Gasteiger partial charge >= 0.3 is 6.18 Å². The normalized spacial score (nSPS) is 13.9. The number of carbonyl (C=O) groups is 2. The molecule has 0 bridgehead atoms. The number of amides is 2. The lowest BCUT2D eigenvalue weighted by Gasteiger charge is -2.14. The third kappa shape index (κ3) is 2.01. The van der Waals surface area contributed by atoms with Crippen LogP contribution in [0.2, 0.25) is 0 Å². The van der Waals surface area contributed by atoms with Crippen molar-refractivity contribution in [1.29, 1.82) is 0 Å². The molecule has 114 valence electrons. The molecule has 0 radical (unpaired) electrons. The second-order valence-electron chi connectivity index (χ2n) is 4.67. The first kappa shape index (κ1) is 14.1. The summed E-state index contributed by atoms with van der Waals surface area (Å²) in [5.41, 5.74) is 3.75. The predicted molar refractivity (Wildman–Crippen MR) is 68.3 cm³/mol. The van der Waals surface area contributed by atoms with Crippen LogP contribution in [0, 0.1) is 0 Å². The van der Waals surface area contributed by atoms with Gasteiger partial charge in [-0.3, -0.25) is 9.59 Å². The van der Waals surface area contributed by atoms with Gasteiger partial charge in [0.15, 0.2) is 5.69 Å². The average Bonchev–Trinajstić information content (AvgIpc) is 3.02. The Morgan fingerprint density at radius 2 is 2.09 bits per heavy atom. The highest BCUT2D eigenvalue weighted by atomic mass is 19.4. The van der Waals surface area contributed by atoms with Gasteiger partial charge in [0.25, 0.3) is 11.8 Å². The maximum Gasteiger partial charge on any atom is 0.434 e. The molecule has 22 heavy (non-hydrogen) atoms. The first-order valence-corrected chi connectivity index (χ1v) is 6.16. The molecule has 3 rings (SSSR count). The number of rotatable bonds is 2. The number of hydrogen-bond donors (Lipinski definition) is 2. The molecule has 0 saturated carbocycles. The van der Waals surface area contributed by atoms with Gasteiger partial charge in [0.05, 0.1) is 17.4 Å². The first-order chi connectivity index (χ1) is 10.3. The van der Waals surface area contributed by atoms with E-state index in [0.717, 1.165) is 6.20 Å². The zero-order valence-electron chi connectivity index (χ0n) is 10.9. The molecule has 1 aromatic carbocycles. The number of nitrogens with two attached hydrogens (primary N) is 1. The van der Waals surface area contributed by atoms with Crippen molar-refractivity contribution >= 4 is 11.8 Å². The lowest BCUT2D eigenvalue weighted by molar-refractivity contribution is -0.143. The number of hydrogen-bond acceptors (Lipinski definition) is 3. The number of nitrogens with zero attached hydrogens (tertiary/aromatic N) is 2. The third-order valence-electron chi connectivity index (χ3n) is 3.35. The van der Waals surface area contributed by atoms with Crippen molar-refractivity contribution < 1.29 is 22.8 Å². The first-order valence-electron chi connectivity index (χ1n) is 6.16. The lowest BCUT2D eigenvalue weighted by atomic mass is 10.1. The van der Waals surface area contributed by atoms with Crippen LogP contribution < -0.4 is 11.1 Å². The van der Waals surface area contributed by atoms with Gasteiger partial charge in [0, 0.05) is 17.7 Å². The Hall–Kier alpha value is -2.84. The van der Waals surface area contributed by atoms with Gasteiger partial charge < -0.3 is 11.1 Å². The molecule has 0 atom stereocenters. The average molecular weight is 310 g/mol. The van der Waals surface area contributed by atoms with E-state index in [-0.39, 0.29) is 23.7 Å². The summed E-state index contributed by atoms with van der Waals surface area (Å²) < 4.78 is 40.4. The maximum absolute atomic E-state index is 13.3. The number of aromatic nitrogens is 2. The Morgan fingerprint density at radius 1 is 1.36 bits per heavy atom. The Morgan fingerprint density at radius 3 is 2.73 bits per heavy atom. The molecule has 0 aliphatic carbocycles. The smallest absolute Gasteiger partial charge is 0.365 e. The highest BCUT2D eigenvalue weighted by Gasteiger charge is 2.40. The summed E-state index contributed by atoms with van der Waals surface area (Å²) in [6, 6.07) is 4.35. The van der Waals surface area contributed by atoms with Crippen molar-refractivity contribution in [1.82, 2.24) is 15.1 Å². The van der Waals surface area contributed by atoms with E-state index in [4.69, 9.17) is 5.73 Å². The summed E-state index contributed by atoms with van der Waals surface area (Å²) >= 11 is 0. The molecule has 2 amide bonds. The Bertz CT molecular complexity index is 795. The standard InChI is InChI=1S/C13H9F3N4O2/c14-13(15,16)10-8(11(17)21)5-19-20(10)9-3-1-2-6-7(9)4-18-12(6)22/h1-3,5H,4H2,(H2,17,21)(H,18,22). The van der Waals surface area contributed by atoms with Crippen molar-refractivity contribution in [2.75, 3.05) is 0 Å². The van der Waals surface area contributed by atoms with Crippen LogP contribution in [0.5, 0.6) is 0 Å². The van der Waals surface area contributed by atoms with Gasteiger partial charge in [-0.05, 0) is 12.1 Å². The largest absolute Gasteiger partial charge is 0.434 e. The molecule has 0 spiro atoms. The molecule has 9 heteroatoms. The molecule has 1 aliphatic rings. The summed E-state index contributed by atoms with van der Waals surface area (Å²) in [4.78, 5) is 22.8. The maximum atomic E-state index is 13.3. The SMILES string of the molecule is NC(=O)c1cnn(-c2cccc3c2CNC3=O)c1C(F)(F)F. The summed E-state index contributed by atoms with van der Waals surface area (Å²) in [5, 5.41) is 6.16. The van der Waals surface area contributed by atoms with Crippen LogP contribution in [0.1, 0.15) is 32.0 Å². The van der Waals surface area contributed by atoms with Crippen molar-refractivity contribution in [2.24, 2.45) is 5.73 Å². The van der Waals surface area contributed by atoms with Crippen LogP contribution in [-0.2, 0) is 12.7 Å². The van der Waals surface area contributed by atoms with Crippen LogP contribution in [0.3, 0.4) is 0 Å². The monoisotopic (exact) mass is 310 g/mol. The minimum Gasteiger partial charge on any atom is -0.365 e. The van der Waals surface area contributed by atoms with Crippen molar-refractivity contribution in [3.05, 3.63) is 46.8 Å². The quantitative estimate of drug-likeness (QED) is 0.874. The van der Waals surface area contributed by atoms with E-state index in [0.29, 0.717) is 10.2 Å². The summed E-state index contributed by atoms with van der Waals surface area (Å²) in [6.07, 6.45) is -4.05. The number of fused-ring (bicyclic) bond motifs is 1. The second kappa shape index (κ2) is 4.58. The lowest BCUT2D eigenvalue weighted by Crippen LogP contribution is -2.21. The van der Waals surface area contributed by atoms with Crippen LogP contribution in [0.25, 0.3) is 5.69 Å².